The Labute approximate surface area is 182 Å². The molecule has 2 atom stereocenters. The second-order valence-corrected chi connectivity index (χ2v) is 9.61. The van der Waals surface area contributed by atoms with Crippen LogP contribution in [0.15, 0.2) is 23.0 Å². The first-order chi connectivity index (χ1) is 15.0. The number of tetrazole rings is 1. The number of likely N-dealkylation sites (tertiary alicyclic amines) is 1. The predicted octanol–water partition coefficient (Wildman–Crippen LogP) is 4.07. The maximum Gasteiger partial charge on any atom is 0.253 e. The summed E-state index contributed by atoms with van der Waals surface area (Å²) in [6, 6.07) is 6.39. The topological polar surface area (TPSA) is 79.7 Å². The van der Waals surface area contributed by atoms with E-state index in [4.69, 9.17) is 0 Å². The van der Waals surface area contributed by atoms with E-state index >= 15 is 0 Å². The zero-order valence-corrected chi connectivity index (χ0v) is 18.8. The molecule has 0 radical (unpaired) electrons. The molecule has 31 heavy (non-hydrogen) atoms. The van der Waals surface area contributed by atoms with E-state index in [1.807, 2.05) is 11.6 Å². The summed E-state index contributed by atoms with van der Waals surface area (Å²) in [4.78, 5) is 19.0. The third-order valence-electron chi connectivity index (χ3n) is 7.25. The molecule has 2 aliphatic rings. The highest BCUT2D eigenvalue weighted by Gasteiger charge is 2.34. The number of H-pyrrole nitrogens is 1. The van der Waals surface area contributed by atoms with E-state index in [-0.39, 0.29) is 11.6 Å². The van der Waals surface area contributed by atoms with Gasteiger partial charge in [0.1, 0.15) is 6.04 Å². The van der Waals surface area contributed by atoms with Crippen molar-refractivity contribution in [2.75, 3.05) is 13.1 Å². The highest BCUT2D eigenvalue weighted by Crippen LogP contribution is 2.35. The molecule has 164 valence electrons. The summed E-state index contributed by atoms with van der Waals surface area (Å²) in [5.41, 5.74) is 3.90. The lowest BCUT2D eigenvalue weighted by molar-refractivity contribution is 0.139. The standard InChI is InChI=1S/C24H32N6O/c1-15-7-6-12-29(14-15)22(23-26-27-28-30(23)18-8-4-5-9-18)20-13-19-16(2)10-11-17(3)21(19)25-24(20)31/h10-11,13,15,18,22H,4-9,12,14H2,1-3H3,(H,25,31)/t15-,22+/m1/s1. The molecule has 1 saturated carbocycles. The number of fused-ring (bicyclic) bond motifs is 1. The summed E-state index contributed by atoms with van der Waals surface area (Å²) in [5, 5.41) is 14.1. The quantitative estimate of drug-likeness (QED) is 0.688. The number of hydrogen-bond donors (Lipinski definition) is 1. The van der Waals surface area contributed by atoms with Crippen LogP contribution >= 0.6 is 0 Å². The van der Waals surface area contributed by atoms with Gasteiger partial charge in [0.25, 0.3) is 5.56 Å². The molecule has 1 aromatic carbocycles. The van der Waals surface area contributed by atoms with Gasteiger partial charge in [-0.3, -0.25) is 9.69 Å². The Balaban J connectivity index is 1.69. The van der Waals surface area contributed by atoms with E-state index in [1.165, 1.54) is 24.8 Å². The van der Waals surface area contributed by atoms with Crippen molar-refractivity contribution in [3.63, 3.8) is 0 Å². The van der Waals surface area contributed by atoms with Gasteiger partial charge >= 0.3 is 0 Å². The third kappa shape index (κ3) is 3.69. The maximum absolute atomic E-state index is 13.4. The molecule has 3 heterocycles. The van der Waals surface area contributed by atoms with Gasteiger partial charge in [-0.15, -0.1) is 5.10 Å². The monoisotopic (exact) mass is 420 g/mol. The van der Waals surface area contributed by atoms with Gasteiger partial charge in [-0.1, -0.05) is 31.9 Å². The van der Waals surface area contributed by atoms with Crippen molar-refractivity contribution >= 4 is 10.9 Å². The highest BCUT2D eigenvalue weighted by molar-refractivity contribution is 5.85. The van der Waals surface area contributed by atoms with Gasteiger partial charge in [0, 0.05) is 17.5 Å². The van der Waals surface area contributed by atoms with Gasteiger partial charge in [0.2, 0.25) is 0 Å². The number of benzene rings is 1. The Bertz CT molecular complexity index is 1140. The fraction of sp³-hybridized carbons (Fsp3) is 0.583. The molecule has 0 bridgehead atoms. The van der Waals surface area contributed by atoms with E-state index in [9.17, 15) is 4.79 Å². The Morgan fingerprint density at radius 1 is 1.10 bits per heavy atom. The van der Waals surface area contributed by atoms with Gasteiger partial charge in [0.05, 0.1) is 11.6 Å². The first kappa shape index (κ1) is 20.4. The zero-order chi connectivity index (χ0) is 21.5. The molecule has 5 rings (SSSR count). The van der Waals surface area contributed by atoms with E-state index in [2.05, 4.69) is 57.5 Å². The van der Waals surface area contributed by atoms with Gasteiger partial charge < -0.3 is 4.98 Å². The molecule has 7 nitrogen and oxygen atoms in total. The minimum Gasteiger partial charge on any atom is -0.321 e. The summed E-state index contributed by atoms with van der Waals surface area (Å²) in [6.45, 7) is 8.34. The number of aryl methyl sites for hydroxylation is 2. The SMILES string of the molecule is Cc1ccc(C)c2[nH]c(=O)c([C@@H](c3nnnn3C3CCCC3)N3CCC[C@@H](C)C3)cc12. The Hall–Kier alpha value is -2.54. The first-order valence-electron chi connectivity index (χ1n) is 11.7. The number of aromatic nitrogens is 5. The molecule has 0 amide bonds. The molecule has 2 aromatic heterocycles. The number of nitrogens with zero attached hydrogens (tertiary/aromatic N) is 5. The van der Waals surface area contributed by atoms with Gasteiger partial charge in [-0.25, -0.2) is 4.68 Å². The molecule has 7 heteroatoms. The zero-order valence-electron chi connectivity index (χ0n) is 18.8. The van der Waals surface area contributed by atoms with Crippen molar-refractivity contribution in [2.24, 2.45) is 5.92 Å². The fourth-order valence-electron chi connectivity index (χ4n) is 5.54. The van der Waals surface area contributed by atoms with Crippen LogP contribution in [0.4, 0.5) is 0 Å². The van der Waals surface area contributed by atoms with Gasteiger partial charge in [0.15, 0.2) is 5.82 Å². The van der Waals surface area contributed by atoms with Crippen LogP contribution < -0.4 is 5.56 Å². The molecular weight excluding hydrogens is 388 g/mol. The van der Waals surface area contributed by atoms with Crippen LogP contribution in [0.2, 0.25) is 0 Å². The molecule has 1 saturated heterocycles. The number of aromatic amines is 1. The molecule has 1 aliphatic carbocycles. The van der Waals surface area contributed by atoms with Gasteiger partial charge in [-0.2, -0.15) is 0 Å². The van der Waals surface area contributed by atoms with Crippen molar-refractivity contribution in [3.8, 4) is 0 Å². The van der Waals surface area contributed by atoms with Crippen molar-refractivity contribution in [1.29, 1.82) is 0 Å². The van der Waals surface area contributed by atoms with Crippen LogP contribution in [0.25, 0.3) is 10.9 Å². The van der Waals surface area contributed by atoms with Crippen LogP contribution in [0.3, 0.4) is 0 Å². The van der Waals surface area contributed by atoms with E-state index < -0.39 is 0 Å². The molecule has 0 spiro atoms. The van der Waals surface area contributed by atoms with Crippen LogP contribution in [0, 0.1) is 19.8 Å². The molecular formula is C24H32N6O. The van der Waals surface area contributed by atoms with E-state index in [0.717, 1.165) is 60.2 Å². The van der Waals surface area contributed by atoms with Gasteiger partial charge in [-0.05, 0) is 79.6 Å². The Morgan fingerprint density at radius 2 is 1.87 bits per heavy atom. The Kier molecular flexibility index (Phi) is 5.38. The number of piperidine rings is 1. The average Bonchev–Trinajstić information content (AvgIpc) is 3.44. The molecule has 1 N–H and O–H groups in total. The lowest BCUT2D eigenvalue weighted by Crippen LogP contribution is -2.41. The second kappa shape index (κ2) is 8.19. The first-order valence-corrected chi connectivity index (χ1v) is 11.7. The van der Waals surface area contributed by atoms with Crippen LogP contribution in [-0.4, -0.2) is 43.2 Å². The summed E-state index contributed by atoms with van der Waals surface area (Å²) >= 11 is 0. The van der Waals surface area contributed by atoms with Crippen molar-refractivity contribution < 1.29 is 0 Å². The second-order valence-electron chi connectivity index (χ2n) is 9.61. The maximum atomic E-state index is 13.4. The summed E-state index contributed by atoms with van der Waals surface area (Å²) < 4.78 is 2.02. The average molecular weight is 421 g/mol. The summed E-state index contributed by atoms with van der Waals surface area (Å²) in [5.74, 6) is 1.41. The number of hydrogen-bond acceptors (Lipinski definition) is 5. The number of nitrogens with one attached hydrogen (secondary N) is 1. The minimum absolute atomic E-state index is 0.0367. The fourth-order valence-corrected chi connectivity index (χ4v) is 5.54. The molecule has 3 aromatic rings. The third-order valence-corrected chi connectivity index (χ3v) is 7.25. The van der Waals surface area contributed by atoms with Crippen LogP contribution in [0.1, 0.15) is 80.0 Å². The summed E-state index contributed by atoms with van der Waals surface area (Å²) in [7, 11) is 0. The number of pyridine rings is 1. The normalized spacial score (nSPS) is 21.7. The highest BCUT2D eigenvalue weighted by atomic mass is 16.1. The van der Waals surface area contributed by atoms with Crippen molar-refractivity contribution in [1.82, 2.24) is 30.1 Å². The summed E-state index contributed by atoms with van der Waals surface area (Å²) in [6.07, 6.45) is 6.99. The largest absolute Gasteiger partial charge is 0.321 e. The lowest BCUT2D eigenvalue weighted by Gasteiger charge is -2.36. The predicted molar refractivity (Wildman–Crippen MR) is 121 cm³/mol. The Morgan fingerprint density at radius 3 is 2.65 bits per heavy atom. The van der Waals surface area contributed by atoms with Crippen molar-refractivity contribution in [2.45, 2.75) is 71.4 Å². The van der Waals surface area contributed by atoms with Crippen molar-refractivity contribution in [3.05, 3.63) is 51.1 Å². The number of rotatable bonds is 4. The smallest absolute Gasteiger partial charge is 0.253 e. The lowest BCUT2D eigenvalue weighted by atomic mass is 9.94. The molecule has 2 fully saturated rings. The molecule has 1 aliphatic heterocycles. The van der Waals surface area contributed by atoms with Crippen LogP contribution in [0.5, 0.6) is 0 Å². The minimum atomic E-state index is -0.230. The van der Waals surface area contributed by atoms with Crippen LogP contribution in [-0.2, 0) is 0 Å². The molecule has 0 unspecified atom stereocenters. The van der Waals surface area contributed by atoms with E-state index in [0.29, 0.717) is 12.0 Å². The van der Waals surface area contributed by atoms with E-state index in [1.54, 1.807) is 0 Å².